The van der Waals surface area contributed by atoms with Gasteiger partial charge < -0.3 is 4.74 Å². The highest BCUT2D eigenvalue weighted by molar-refractivity contribution is 7.96. The van der Waals surface area contributed by atoms with Crippen molar-refractivity contribution in [1.29, 1.82) is 0 Å². The minimum atomic E-state index is -4.19. The molecule has 8 heteroatoms. The number of rotatable bonds is 7. The van der Waals surface area contributed by atoms with Crippen molar-refractivity contribution < 1.29 is 26.0 Å². The van der Waals surface area contributed by atoms with Gasteiger partial charge in [-0.15, -0.1) is 0 Å². The number of allylic oxidation sites excluding steroid dienone is 1. The Hall–Kier alpha value is -2.81. The van der Waals surface area contributed by atoms with Crippen LogP contribution in [0.1, 0.15) is 12.0 Å². The van der Waals surface area contributed by atoms with Crippen molar-refractivity contribution in [2.24, 2.45) is 0 Å². The van der Waals surface area contributed by atoms with Gasteiger partial charge in [0, 0.05) is 6.42 Å². The molecule has 0 N–H and O–H groups in total. The lowest BCUT2D eigenvalue weighted by atomic mass is 10.0. The number of hydrogen-bond acceptors (Lipinski definition) is 5. The molecule has 4 rings (SSSR count). The molecule has 1 aliphatic carbocycles. The number of sulfone groups is 2. The van der Waals surface area contributed by atoms with E-state index in [-0.39, 0.29) is 16.4 Å². The summed E-state index contributed by atoms with van der Waals surface area (Å²) >= 11 is 0. The highest BCUT2D eigenvalue weighted by Gasteiger charge is 2.50. The molecule has 0 heterocycles. The van der Waals surface area contributed by atoms with Gasteiger partial charge in [-0.25, -0.2) is 21.2 Å². The lowest BCUT2D eigenvalue weighted by Gasteiger charge is -2.34. The summed E-state index contributed by atoms with van der Waals surface area (Å²) in [6.45, 7) is 0.00814. The Kier molecular flexibility index (Phi) is 6.78. The molecule has 0 aromatic heterocycles. The summed E-state index contributed by atoms with van der Waals surface area (Å²) in [4.78, 5) is -0.0907. The first kappa shape index (κ1) is 23.4. The van der Waals surface area contributed by atoms with Gasteiger partial charge in [0.1, 0.15) is 5.25 Å². The summed E-state index contributed by atoms with van der Waals surface area (Å²) in [5, 5.41) is -3.07. The second kappa shape index (κ2) is 9.59. The smallest absolute Gasteiger partial charge is 0.185 e. The predicted octanol–water partition coefficient (Wildman–Crippen LogP) is 4.51. The molecule has 0 aliphatic heterocycles. The predicted molar refractivity (Wildman–Crippen MR) is 124 cm³/mol. The van der Waals surface area contributed by atoms with Gasteiger partial charge in [0.25, 0.3) is 0 Å². The van der Waals surface area contributed by atoms with Crippen molar-refractivity contribution >= 4 is 19.7 Å². The summed E-state index contributed by atoms with van der Waals surface area (Å²) in [7, 11) is -8.39. The fourth-order valence-corrected chi connectivity index (χ4v) is 8.49. The zero-order valence-electron chi connectivity index (χ0n) is 17.6. The molecule has 0 saturated carbocycles. The van der Waals surface area contributed by atoms with E-state index in [0.29, 0.717) is 0 Å². The minimum absolute atomic E-state index is 0.00814. The van der Waals surface area contributed by atoms with Crippen LogP contribution in [0.15, 0.2) is 113 Å². The van der Waals surface area contributed by atoms with Crippen LogP contribution >= 0.6 is 0 Å². The van der Waals surface area contributed by atoms with Gasteiger partial charge in [-0.1, -0.05) is 66.7 Å². The van der Waals surface area contributed by atoms with E-state index in [1.807, 2.05) is 6.07 Å². The number of ether oxygens (including phenoxy) is 1. The molecule has 0 amide bonds. The van der Waals surface area contributed by atoms with Gasteiger partial charge in [0.15, 0.2) is 19.7 Å². The van der Waals surface area contributed by atoms with Crippen molar-refractivity contribution in [3.8, 4) is 0 Å². The van der Waals surface area contributed by atoms with E-state index in [0.717, 1.165) is 11.6 Å². The van der Waals surface area contributed by atoms with Crippen LogP contribution in [-0.4, -0.2) is 33.4 Å². The highest BCUT2D eigenvalue weighted by atomic mass is 32.2. The molecule has 0 unspecified atom stereocenters. The summed E-state index contributed by atoms with van der Waals surface area (Å²) in [5.41, 5.74) is 0.759. The molecule has 33 heavy (non-hydrogen) atoms. The molecule has 1 aliphatic rings. The molecule has 172 valence electrons. The van der Waals surface area contributed by atoms with E-state index >= 15 is 0 Å². The quantitative estimate of drug-likeness (QED) is 0.491. The molecular formula is C25H23FO5S2. The lowest BCUT2D eigenvalue weighted by molar-refractivity contribution is 0.0623. The topological polar surface area (TPSA) is 77.5 Å². The molecule has 0 saturated heterocycles. The lowest BCUT2D eigenvalue weighted by Crippen LogP contribution is -2.50. The van der Waals surface area contributed by atoms with Crippen LogP contribution in [0.2, 0.25) is 0 Å². The third-order valence-electron chi connectivity index (χ3n) is 5.62. The average molecular weight is 487 g/mol. The van der Waals surface area contributed by atoms with Crippen molar-refractivity contribution in [2.75, 3.05) is 0 Å². The molecule has 0 spiro atoms. The van der Waals surface area contributed by atoms with Crippen molar-refractivity contribution in [1.82, 2.24) is 0 Å². The maximum atomic E-state index is 14.7. The molecule has 0 bridgehead atoms. The Morgan fingerprint density at radius 2 is 1.21 bits per heavy atom. The summed E-state index contributed by atoms with van der Waals surface area (Å²) in [6.07, 6.45) is -0.739. The van der Waals surface area contributed by atoms with E-state index in [9.17, 15) is 21.2 Å². The molecular weight excluding hydrogens is 463 g/mol. The van der Waals surface area contributed by atoms with Crippen LogP contribution < -0.4 is 0 Å². The summed E-state index contributed by atoms with van der Waals surface area (Å²) in [5.74, 6) is -0.711. The van der Waals surface area contributed by atoms with E-state index in [4.69, 9.17) is 4.74 Å². The summed E-state index contributed by atoms with van der Waals surface area (Å²) in [6, 6.07) is 24.2. The third kappa shape index (κ3) is 4.93. The number of halogens is 1. The van der Waals surface area contributed by atoms with Gasteiger partial charge in [0.05, 0.1) is 33.6 Å². The fraction of sp³-hybridized carbons (Fsp3) is 0.200. The van der Waals surface area contributed by atoms with Crippen LogP contribution in [0.3, 0.4) is 0 Å². The Morgan fingerprint density at radius 1 is 0.727 bits per heavy atom. The first-order valence-corrected chi connectivity index (χ1v) is 13.5. The summed E-state index contributed by atoms with van der Waals surface area (Å²) < 4.78 is 75.1. The molecule has 3 atom stereocenters. The highest BCUT2D eigenvalue weighted by Crippen LogP contribution is 2.37. The first-order chi connectivity index (χ1) is 15.8. The molecule has 3 aromatic rings. The molecule has 0 fully saturated rings. The van der Waals surface area contributed by atoms with Crippen LogP contribution in [0.25, 0.3) is 0 Å². The van der Waals surface area contributed by atoms with Gasteiger partial charge in [-0.05, 0) is 35.9 Å². The van der Waals surface area contributed by atoms with E-state index in [1.54, 1.807) is 60.7 Å². The number of hydrogen-bond donors (Lipinski definition) is 0. The third-order valence-corrected chi connectivity index (χ3v) is 10.2. The van der Waals surface area contributed by atoms with Gasteiger partial charge in [-0.2, -0.15) is 0 Å². The van der Waals surface area contributed by atoms with Gasteiger partial charge in [0.2, 0.25) is 0 Å². The number of benzene rings is 3. The van der Waals surface area contributed by atoms with Crippen molar-refractivity contribution in [3.05, 3.63) is 108 Å². The Bertz CT molecular complexity index is 1320. The van der Waals surface area contributed by atoms with E-state index < -0.39 is 48.5 Å². The second-order valence-corrected chi connectivity index (χ2v) is 12.1. The fourth-order valence-electron chi connectivity index (χ4n) is 3.99. The van der Waals surface area contributed by atoms with E-state index in [2.05, 4.69) is 0 Å². The van der Waals surface area contributed by atoms with Crippen LogP contribution in [-0.2, 0) is 31.0 Å². The Labute approximate surface area is 193 Å². The normalized spacial score (nSPS) is 21.4. The van der Waals surface area contributed by atoms with Crippen LogP contribution in [0, 0.1) is 0 Å². The molecule has 5 nitrogen and oxygen atoms in total. The maximum Gasteiger partial charge on any atom is 0.185 e. The Balaban J connectivity index is 1.80. The Morgan fingerprint density at radius 3 is 1.76 bits per heavy atom. The monoisotopic (exact) mass is 486 g/mol. The van der Waals surface area contributed by atoms with Crippen LogP contribution in [0.4, 0.5) is 4.39 Å². The SMILES string of the molecule is O=S(=O)(c1ccccc1)[C@@H]1[C@H](S(=O)(=O)c2ccccc2)CC(F)=C[C@H]1OCc1ccccc1. The molecule has 3 aromatic carbocycles. The average Bonchev–Trinajstić information content (AvgIpc) is 2.84. The van der Waals surface area contributed by atoms with Crippen molar-refractivity contribution in [2.45, 2.75) is 39.4 Å². The second-order valence-electron chi connectivity index (χ2n) is 7.80. The first-order valence-electron chi connectivity index (χ1n) is 10.4. The zero-order chi connectivity index (χ0) is 23.5. The molecule has 0 radical (unpaired) electrons. The van der Waals surface area contributed by atoms with Gasteiger partial charge in [-0.3, -0.25) is 0 Å². The van der Waals surface area contributed by atoms with E-state index in [1.165, 1.54) is 24.3 Å². The zero-order valence-corrected chi connectivity index (χ0v) is 19.3. The standard InChI is InChI=1S/C25H23FO5S2/c26-20-16-23(31-18-19-10-4-1-5-11-19)25(33(29,30)22-14-8-3-9-15-22)24(17-20)32(27,28)21-12-6-2-7-13-21/h1-16,23-25H,17-18H2/t23-,24-,25+/m1/s1. The van der Waals surface area contributed by atoms with Gasteiger partial charge >= 0.3 is 0 Å². The van der Waals surface area contributed by atoms with Crippen molar-refractivity contribution in [3.63, 3.8) is 0 Å². The largest absolute Gasteiger partial charge is 0.368 e. The minimum Gasteiger partial charge on any atom is -0.368 e. The van der Waals surface area contributed by atoms with Crippen LogP contribution in [0.5, 0.6) is 0 Å². The maximum absolute atomic E-state index is 14.7.